The largest absolute Gasteiger partial charge is 0.313 e. The molecule has 0 heterocycles. The zero-order chi connectivity index (χ0) is 7.82. The number of hydrogen-bond donors (Lipinski definition) is 1. The van der Waals surface area contributed by atoms with Crippen LogP contribution in [0, 0.1) is 11.3 Å². The molecule has 2 heteroatoms. The summed E-state index contributed by atoms with van der Waals surface area (Å²) < 4.78 is 0. The first-order chi connectivity index (χ1) is 4.81. The predicted molar refractivity (Wildman–Crippen MR) is 42.6 cm³/mol. The van der Waals surface area contributed by atoms with Crippen LogP contribution in [-0.4, -0.2) is 12.6 Å². The molecule has 0 fully saturated rings. The van der Waals surface area contributed by atoms with Crippen LogP contribution in [0.15, 0.2) is 0 Å². The summed E-state index contributed by atoms with van der Waals surface area (Å²) in [7, 11) is 0. The highest BCUT2D eigenvalue weighted by Crippen LogP contribution is 1.93. The molecule has 2 nitrogen and oxygen atoms in total. The summed E-state index contributed by atoms with van der Waals surface area (Å²) >= 11 is 0. The van der Waals surface area contributed by atoms with Gasteiger partial charge in [-0.1, -0.05) is 13.3 Å². The second-order valence-corrected chi connectivity index (χ2v) is 2.55. The van der Waals surface area contributed by atoms with Gasteiger partial charge >= 0.3 is 0 Å². The fraction of sp³-hybridized carbons (Fsp3) is 0.875. The van der Waals surface area contributed by atoms with Crippen LogP contribution in [0.25, 0.3) is 0 Å². The van der Waals surface area contributed by atoms with Crippen molar-refractivity contribution in [3.63, 3.8) is 0 Å². The van der Waals surface area contributed by atoms with Crippen LogP contribution in [0.2, 0.25) is 0 Å². The second kappa shape index (κ2) is 6.57. The lowest BCUT2D eigenvalue weighted by Crippen LogP contribution is -2.26. The monoisotopic (exact) mass is 140 g/mol. The maximum absolute atomic E-state index is 8.22. The number of nitrogens with one attached hydrogen (secondary N) is 1. The molecule has 0 aromatic heterocycles. The third kappa shape index (κ3) is 5.58. The topological polar surface area (TPSA) is 35.8 Å². The molecule has 0 aliphatic rings. The van der Waals surface area contributed by atoms with Gasteiger partial charge in [-0.05, 0) is 13.3 Å². The van der Waals surface area contributed by atoms with Crippen molar-refractivity contribution in [3.8, 4) is 6.07 Å². The van der Waals surface area contributed by atoms with E-state index in [1.807, 2.05) is 0 Å². The van der Waals surface area contributed by atoms with E-state index >= 15 is 0 Å². The van der Waals surface area contributed by atoms with Gasteiger partial charge in [-0.2, -0.15) is 5.26 Å². The van der Waals surface area contributed by atoms with E-state index in [1.165, 1.54) is 12.8 Å². The lowest BCUT2D eigenvalue weighted by atomic mass is 10.2. The molecule has 1 unspecified atom stereocenters. The molecule has 0 spiro atoms. The zero-order valence-corrected chi connectivity index (χ0v) is 6.85. The summed E-state index contributed by atoms with van der Waals surface area (Å²) in [6.45, 7) is 5.15. The summed E-state index contributed by atoms with van der Waals surface area (Å²) in [5.41, 5.74) is 0. The van der Waals surface area contributed by atoms with Gasteiger partial charge in [-0.25, -0.2) is 0 Å². The molecule has 1 N–H and O–H groups in total. The summed E-state index contributed by atoms with van der Waals surface area (Å²) in [6, 6.07) is 2.67. The van der Waals surface area contributed by atoms with Crippen molar-refractivity contribution in [2.75, 3.05) is 6.54 Å². The zero-order valence-electron chi connectivity index (χ0n) is 6.85. The van der Waals surface area contributed by atoms with E-state index in [1.54, 1.807) is 0 Å². The molecule has 0 saturated carbocycles. The Balaban J connectivity index is 3.06. The molecule has 58 valence electrons. The summed E-state index contributed by atoms with van der Waals surface area (Å²) in [5, 5.41) is 11.5. The van der Waals surface area contributed by atoms with Crippen LogP contribution < -0.4 is 5.32 Å². The van der Waals surface area contributed by atoms with E-state index in [2.05, 4.69) is 25.2 Å². The summed E-state index contributed by atoms with van der Waals surface area (Å²) in [6.07, 6.45) is 3.03. The molecule has 0 amide bonds. The molecule has 10 heavy (non-hydrogen) atoms. The van der Waals surface area contributed by atoms with Gasteiger partial charge in [0.05, 0.1) is 6.07 Å². The van der Waals surface area contributed by atoms with Crippen molar-refractivity contribution in [1.82, 2.24) is 5.32 Å². The Kier molecular flexibility index (Phi) is 6.21. The molecule has 0 aromatic carbocycles. The molecule has 0 radical (unpaired) electrons. The highest BCUT2D eigenvalue weighted by atomic mass is 14.9. The smallest absolute Gasteiger partial charge is 0.0635 e. The normalized spacial score (nSPS) is 12.5. The maximum atomic E-state index is 8.22. The number of hydrogen-bond acceptors (Lipinski definition) is 2. The van der Waals surface area contributed by atoms with Crippen LogP contribution in [0.5, 0.6) is 0 Å². The third-order valence-corrected chi connectivity index (χ3v) is 1.45. The quantitative estimate of drug-likeness (QED) is 0.590. The lowest BCUT2D eigenvalue weighted by Gasteiger charge is -2.09. The molecule has 0 bridgehead atoms. The average Bonchev–Trinajstić information content (AvgIpc) is 1.89. The Bertz CT molecular complexity index is 104. The Morgan fingerprint density at radius 3 is 2.80 bits per heavy atom. The van der Waals surface area contributed by atoms with Crippen LogP contribution in [0.1, 0.15) is 33.1 Å². The first kappa shape index (κ1) is 9.45. The van der Waals surface area contributed by atoms with Crippen molar-refractivity contribution < 1.29 is 0 Å². The van der Waals surface area contributed by atoms with Gasteiger partial charge in [-0.3, -0.25) is 0 Å². The molecule has 1 atom stereocenters. The van der Waals surface area contributed by atoms with Crippen LogP contribution in [0.4, 0.5) is 0 Å². The predicted octanol–water partition coefficient (Wildman–Crippen LogP) is 1.68. The minimum absolute atomic E-state index is 0.568. The molecular weight excluding hydrogens is 124 g/mol. The Labute approximate surface area is 63.2 Å². The first-order valence-corrected chi connectivity index (χ1v) is 3.91. The molecule has 0 rings (SSSR count). The van der Waals surface area contributed by atoms with E-state index in [0.717, 1.165) is 6.54 Å². The molecule has 0 aliphatic carbocycles. The average molecular weight is 140 g/mol. The van der Waals surface area contributed by atoms with E-state index in [9.17, 15) is 0 Å². The Morgan fingerprint density at radius 2 is 2.30 bits per heavy atom. The van der Waals surface area contributed by atoms with Gasteiger partial charge in [0.15, 0.2) is 0 Å². The van der Waals surface area contributed by atoms with Crippen molar-refractivity contribution in [3.05, 3.63) is 0 Å². The van der Waals surface area contributed by atoms with Crippen LogP contribution in [-0.2, 0) is 0 Å². The van der Waals surface area contributed by atoms with E-state index in [4.69, 9.17) is 5.26 Å². The highest BCUT2D eigenvalue weighted by molar-refractivity contribution is 4.71. The molecule has 0 saturated heterocycles. The first-order valence-electron chi connectivity index (χ1n) is 3.91. The van der Waals surface area contributed by atoms with Gasteiger partial charge in [0.2, 0.25) is 0 Å². The number of nitriles is 1. The molecule has 0 aliphatic heterocycles. The van der Waals surface area contributed by atoms with E-state index in [-0.39, 0.29) is 0 Å². The van der Waals surface area contributed by atoms with Crippen molar-refractivity contribution in [2.45, 2.75) is 39.2 Å². The van der Waals surface area contributed by atoms with Crippen molar-refractivity contribution in [1.29, 1.82) is 5.26 Å². The SMILES string of the molecule is CCCC(C)NCCC#N. The lowest BCUT2D eigenvalue weighted by molar-refractivity contribution is 0.515. The second-order valence-electron chi connectivity index (χ2n) is 2.55. The Hall–Kier alpha value is -0.550. The van der Waals surface area contributed by atoms with Crippen LogP contribution >= 0.6 is 0 Å². The number of nitrogens with zero attached hydrogens (tertiary/aromatic N) is 1. The summed E-state index contributed by atoms with van der Waals surface area (Å²) in [4.78, 5) is 0. The molecule has 0 aromatic rings. The van der Waals surface area contributed by atoms with E-state index < -0.39 is 0 Å². The van der Waals surface area contributed by atoms with Crippen molar-refractivity contribution >= 4 is 0 Å². The van der Waals surface area contributed by atoms with Gasteiger partial charge < -0.3 is 5.32 Å². The van der Waals surface area contributed by atoms with Crippen molar-refractivity contribution in [2.24, 2.45) is 0 Å². The minimum Gasteiger partial charge on any atom is -0.313 e. The fourth-order valence-electron chi connectivity index (χ4n) is 0.910. The number of rotatable bonds is 5. The van der Waals surface area contributed by atoms with Gasteiger partial charge in [-0.15, -0.1) is 0 Å². The minimum atomic E-state index is 0.568. The molecular formula is C8H16N2. The highest BCUT2D eigenvalue weighted by Gasteiger charge is 1.96. The van der Waals surface area contributed by atoms with E-state index in [0.29, 0.717) is 12.5 Å². The Morgan fingerprint density at radius 1 is 1.60 bits per heavy atom. The maximum Gasteiger partial charge on any atom is 0.0635 e. The third-order valence-electron chi connectivity index (χ3n) is 1.45. The fourth-order valence-corrected chi connectivity index (χ4v) is 0.910. The van der Waals surface area contributed by atoms with Gasteiger partial charge in [0.1, 0.15) is 0 Å². The van der Waals surface area contributed by atoms with Gasteiger partial charge in [0, 0.05) is 19.0 Å². The van der Waals surface area contributed by atoms with Gasteiger partial charge in [0.25, 0.3) is 0 Å². The summed E-state index contributed by atoms with van der Waals surface area (Å²) in [5.74, 6) is 0. The standard InChI is InChI=1S/C8H16N2/c1-3-5-8(2)10-7-4-6-9/h8,10H,3-5,7H2,1-2H3. The van der Waals surface area contributed by atoms with Crippen LogP contribution in [0.3, 0.4) is 0 Å².